The number of fused-ring (bicyclic) bond motifs is 2. The summed E-state index contributed by atoms with van der Waals surface area (Å²) in [5, 5.41) is 3.83. The molecule has 1 saturated heterocycles. The van der Waals surface area contributed by atoms with Crippen molar-refractivity contribution in [2.45, 2.75) is 55.3 Å². The monoisotopic (exact) mass is 534 g/mol. The quantitative estimate of drug-likeness (QED) is 0.548. The number of hydrogen-bond donors (Lipinski definition) is 1. The van der Waals surface area contributed by atoms with Crippen molar-refractivity contribution >= 4 is 23.6 Å². The molecule has 0 unspecified atom stereocenters. The van der Waals surface area contributed by atoms with Crippen LogP contribution >= 0.6 is 11.6 Å². The number of ether oxygens (including phenoxy) is 3. The van der Waals surface area contributed by atoms with Crippen molar-refractivity contribution < 1.29 is 19.0 Å². The van der Waals surface area contributed by atoms with Gasteiger partial charge in [-0.15, -0.1) is 0 Å². The van der Waals surface area contributed by atoms with E-state index in [1.54, 1.807) is 19.3 Å². The number of benzene rings is 2. The van der Waals surface area contributed by atoms with Gasteiger partial charge in [0, 0.05) is 53.1 Å². The molecule has 2 spiro atoms. The van der Waals surface area contributed by atoms with Gasteiger partial charge in [0.2, 0.25) is 5.91 Å². The molecule has 2 heterocycles. The highest BCUT2D eigenvalue weighted by molar-refractivity contribution is 6.32. The highest BCUT2D eigenvalue weighted by Gasteiger charge is 2.80. The van der Waals surface area contributed by atoms with Crippen LogP contribution in [0.25, 0.3) is 6.08 Å². The van der Waals surface area contributed by atoms with Gasteiger partial charge in [-0.05, 0) is 75.0 Å². The van der Waals surface area contributed by atoms with Crippen LogP contribution in [0, 0.1) is 11.3 Å². The third kappa shape index (κ3) is 2.94. The maximum Gasteiger partial charge on any atom is 0.244 e. The predicted octanol–water partition coefficient (Wildman–Crippen LogP) is 4.62. The molecule has 6 aliphatic rings. The number of likely N-dealkylation sites (tertiary alicyclic amines) is 1. The topological polar surface area (TPSA) is 60.0 Å². The van der Waals surface area contributed by atoms with E-state index in [0.717, 1.165) is 55.7 Å². The maximum atomic E-state index is 12.9. The largest absolute Gasteiger partial charge is 0.493 e. The van der Waals surface area contributed by atoms with Gasteiger partial charge in [-0.1, -0.05) is 35.9 Å². The second kappa shape index (κ2) is 8.48. The van der Waals surface area contributed by atoms with Crippen LogP contribution in [0.3, 0.4) is 0 Å². The lowest BCUT2D eigenvalue weighted by Gasteiger charge is -2.73. The number of carbonyl (C=O) groups excluding carboxylic acids is 1. The van der Waals surface area contributed by atoms with Crippen molar-refractivity contribution in [1.82, 2.24) is 10.2 Å². The summed E-state index contributed by atoms with van der Waals surface area (Å²) in [6.07, 6.45) is 8.40. The van der Waals surface area contributed by atoms with Gasteiger partial charge < -0.3 is 24.4 Å². The first kappa shape index (κ1) is 24.5. The zero-order valence-electron chi connectivity index (χ0n) is 22.3. The molecule has 2 aliphatic heterocycles. The van der Waals surface area contributed by atoms with E-state index in [1.165, 1.54) is 11.1 Å². The smallest absolute Gasteiger partial charge is 0.244 e. The number of amides is 1. The number of carbonyl (C=O) groups is 1. The molecule has 2 aromatic rings. The average molecular weight is 535 g/mol. The van der Waals surface area contributed by atoms with Gasteiger partial charge in [-0.3, -0.25) is 4.79 Å². The van der Waals surface area contributed by atoms with Crippen LogP contribution in [0.1, 0.15) is 42.4 Å². The Morgan fingerprint density at radius 2 is 2.05 bits per heavy atom. The number of nitrogens with zero attached hydrogens (tertiary/aromatic N) is 1. The van der Waals surface area contributed by atoms with E-state index in [0.29, 0.717) is 17.6 Å². The Kier molecular flexibility index (Phi) is 5.47. The fraction of sp³-hybridized carbons (Fsp3) is 0.516. The second-order valence-corrected chi connectivity index (χ2v) is 12.3. The highest BCUT2D eigenvalue weighted by Crippen LogP contribution is 2.76. The normalized spacial score (nSPS) is 36.2. The summed E-state index contributed by atoms with van der Waals surface area (Å²) in [5.74, 6) is 1.77. The molecule has 4 aliphatic carbocycles. The molecular weight excluding hydrogens is 500 g/mol. The Balaban J connectivity index is 1.25. The van der Waals surface area contributed by atoms with Gasteiger partial charge in [-0.25, -0.2) is 0 Å². The van der Waals surface area contributed by atoms with Crippen LogP contribution in [0.4, 0.5) is 0 Å². The standard InChI is InChI=1S/C31H35ClN2O4/c1-34-15-14-30-26-20-8-10-23(36-2)27(26)38-28(30)31(37-3)13-12-29(30,24(34)16-20)17-21(31)18-33-25(35)11-9-19-6-4-5-7-22(19)32/h4-11,21,24,28H,12-18H2,1-3H3,(H,33,35)/b11-9+/t21-,24-,28-,29-,30+,31+/m1/s1. The summed E-state index contributed by atoms with van der Waals surface area (Å²) in [6, 6.07) is 12.3. The molecule has 0 aromatic heterocycles. The lowest BCUT2D eigenvalue weighted by Crippen LogP contribution is -2.81. The highest BCUT2D eigenvalue weighted by atomic mass is 35.5. The summed E-state index contributed by atoms with van der Waals surface area (Å²) in [4.78, 5) is 15.5. The van der Waals surface area contributed by atoms with Crippen LogP contribution in [0.2, 0.25) is 5.02 Å². The van der Waals surface area contributed by atoms with E-state index < -0.39 is 5.60 Å². The van der Waals surface area contributed by atoms with Gasteiger partial charge in [0.15, 0.2) is 11.5 Å². The minimum absolute atomic E-state index is 0.0817. The molecule has 6 nitrogen and oxygen atoms in total. The minimum Gasteiger partial charge on any atom is -0.493 e. The fourth-order valence-corrected chi connectivity index (χ4v) is 9.48. The second-order valence-electron chi connectivity index (χ2n) is 11.9. The summed E-state index contributed by atoms with van der Waals surface area (Å²) < 4.78 is 19.4. The minimum atomic E-state index is -0.472. The van der Waals surface area contributed by atoms with Crippen LogP contribution in [0.5, 0.6) is 11.5 Å². The first-order valence-corrected chi connectivity index (χ1v) is 14.1. The Hall–Kier alpha value is -2.54. The first-order chi connectivity index (χ1) is 18.4. The molecule has 4 fully saturated rings. The van der Waals surface area contributed by atoms with Crippen LogP contribution < -0.4 is 14.8 Å². The van der Waals surface area contributed by atoms with Gasteiger partial charge in [0.05, 0.1) is 7.11 Å². The number of nitrogens with one attached hydrogen (secondary N) is 1. The Bertz CT molecular complexity index is 1350. The number of likely N-dealkylation sites (N-methyl/N-ethyl adjacent to an activating group) is 1. The number of hydrogen-bond acceptors (Lipinski definition) is 5. The third-order valence-corrected chi connectivity index (χ3v) is 11.2. The molecule has 1 amide bonds. The lowest BCUT2D eigenvalue weighted by molar-refractivity contribution is -0.274. The SMILES string of the molecule is COc1ccc2c3c1O[C@H]1[C@]4(OC)CC[C@@]5(C[C@@H]4CNC(=O)/C=C/c4ccccc4Cl)[C@@H](C2)N(C)CC[C@]315. The van der Waals surface area contributed by atoms with Gasteiger partial charge in [-0.2, -0.15) is 0 Å². The number of methoxy groups -OCH3 is 2. The first-order valence-electron chi connectivity index (χ1n) is 13.7. The molecule has 200 valence electrons. The van der Waals surface area contributed by atoms with Crippen LogP contribution in [-0.2, 0) is 21.4 Å². The zero-order chi connectivity index (χ0) is 26.3. The van der Waals surface area contributed by atoms with E-state index in [-0.39, 0.29) is 28.8 Å². The van der Waals surface area contributed by atoms with E-state index in [9.17, 15) is 4.79 Å². The van der Waals surface area contributed by atoms with Crippen molar-refractivity contribution in [1.29, 1.82) is 0 Å². The number of halogens is 1. The molecule has 38 heavy (non-hydrogen) atoms. The Morgan fingerprint density at radius 3 is 2.84 bits per heavy atom. The van der Waals surface area contributed by atoms with Crippen LogP contribution in [-0.4, -0.2) is 62.9 Å². The van der Waals surface area contributed by atoms with E-state index in [1.807, 2.05) is 31.4 Å². The van der Waals surface area contributed by atoms with Crippen molar-refractivity contribution in [2.24, 2.45) is 11.3 Å². The molecule has 0 radical (unpaired) electrons. The summed E-state index contributed by atoms with van der Waals surface area (Å²) in [5.41, 5.74) is 3.14. The molecule has 1 N–H and O–H groups in total. The van der Waals surface area contributed by atoms with E-state index in [2.05, 4.69) is 29.4 Å². The van der Waals surface area contributed by atoms with Crippen molar-refractivity contribution in [3.63, 3.8) is 0 Å². The molecule has 4 bridgehead atoms. The average Bonchev–Trinajstić information content (AvgIpc) is 3.30. The van der Waals surface area contributed by atoms with Gasteiger partial charge in [0.1, 0.15) is 11.7 Å². The summed E-state index contributed by atoms with van der Waals surface area (Å²) in [7, 11) is 5.85. The molecule has 3 saturated carbocycles. The predicted molar refractivity (Wildman–Crippen MR) is 147 cm³/mol. The fourth-order valence-electron chi connectivity index (χ4n) is 9.28. The van der Waals surface area contributed by atoms with E-state index in [4.69, 9.17) is 25.8 Å². The van der Waals surface area contributed by atoms with Crippen molar-refractivity contribution in [3.8, 4) is 11.5 Å². The van der Waals surface area contributed by atoms with Crippen molar-refractivity contribution in [2.75, 3.05) is 34.4 Å². The Morgan fingerprint density at radius 1 is 1.21 bits per heavy atom. The van der Waals surface area contributed by atoms with Gasteiger partial charge in [0.25, 0.3) is 0 Å². The number of rotatable bonds is 6. The zero-order valence-corrected chi connectivity index (χ0v) is 23.0. The summed E-state index contributed by atoms with van der Waals surface area (Å²) >= 11 is 6.27. The molecular formula is C31H35ClN2O4. The summed E-state index contributed by atoms with van der Waals surface area (Å²) in [6.45, 7) is 1.60. The van der Waals surface area contributed by atoms with E-state index >= 15 is 0 Å². The molecule has 7 heteroatoms. The Labute approximate surface area is 229 Å². The molecule has 6 atom stereocenters. The maximum absolute atomic E-state index is 12.9. The van der Waals surface area contributed by atoms with Crippen molar-refractivity contribution in [3.05, 3.63) is 64.2 Å². The lowest BCUT2D eigenvalue weighted by atomic mass is 9.35. The van der Waals surface area contributed by atoms with Crippen LogP contribution in [0.15, 0.2) is 42.5 Å². The van der Waals surface area contributed by atoms with Gasteiger partial charge >= 0.3 is 0 Å². The number of piperidine rings is 1. The third-order valence-electron chi connectivity index (χ3n) is 10.8. The molecule has 2 aromatic carbocycles. The molecule has 8 rings (SSSR count).